The normalized spacial score (nSPS) is 10.6. The molecule has 0 fully saturated rings. The molecule has 0 spiro atoms. The van der Waals surface area contributed by atoms with Gasteiger partial charge in [0.1, 0.15) is 17.1 Å². The molecule has 2 aromatic rings. The standard InChI is InChI=1S/C9H8N2O3/c10-6-7(9(13)8(6)12)11-4-5-2-1-3-14-5/h1-3,11H,4,10H2. The second-order valence-electron chi connectivity index (χ2n) is 2.88. The van der Waals surface area contributed by atoms with Crippen molar-refractivity contribution in [2.45, 2.75) is 6.54 Å². The Morgan fingerprint density at radius 2 is 2.14 bits per heavy atom. The van der Waals surface area contributed by atoms with Crippen LogP contribution >= 0.6 is 0 Å². The van der Waals surface area contributed by atoms with Crippen LogP contribution in [0.25, 0.3) is 0 Å². The number of nitrogens with two attached hydrogens (primary N) is 1. The third kappa shape index (κ3) is 1.19. The molecule has 1 aromatic carbocycles. The molecule has 1 aromatic heterocycles. The first kappa shape index (κ1) is 8.55. The molecule has 0 unspecified atom stereocenters. The molecule has 5 nitrogen and oxygen atoms in total. The van der Waals surface area contributed by atoms with Crippen molar-refractivity contribution in [3.63, 3.8) is 0 Å². The fourth-order valence-corrected chi connectivity index (χ4v) is 1.17. The van der Waals surface area contributed by atoms with Gasteiger partial charge in [-0.3, -0.25) is 9.59 Å². The number of nitrogens with one attached hydrogen (secondary N) is 1. The summed E-state index contributed by atoms with van der Waals surface area (Å²) >= 11 is 0. The van der Waals surface area contributed by atoms with Crippen LogP contribution in [0.3, 0.4) is 0 Å². The lowest BCUT2D eigenvalue weighted by Crippen LogP contribution is -2.36. The molecule has 0 atom stereocenters. The van der Waals surface area contributed by atoms with Crippen molar-refractivity contribution in [2.24, 2.45) is 0 Å². The molecular weight excluding hydrogens is 184 g/mol. The van der Waals surface area contributed by atoms with E-state index in [4.69, 9.17) is 10.2 Å². The minimum atomic E-state index is -0.619. The van der Waals surface area contributed by atoms with Crippen LogP contribution in [0.4, 0.5) is 11.4 Å². The summed E-state index contributed by atoms with van der Waals surface area (Å²) in [4.78, 5) is 21.7. The van der Waals surface area contributed by atoms with Crippen LogP contribution in [0.5, 0.6) is 0 Å². The van der Waals surface area contributed by atoms with Gasteiger partial charge in [0.25, 0.3) is 10.9 Å². The molecule has 1 heterocycles. The lowest BCUT2D eigenvalue weighted by atomic mass is 10.2. The van der Waals surface area contributed by atoms with E-state index in [1.54, 1.807) is 12.1 Å². The Bertz CT molecular complexity index is 506. The molecule has 0 bridgehead atoms. The van der Waals surface area contributed by atoms with Gasteiger partial charge in [-0.25, -0.2) is 0 Å². The van der Waals surface area contributed by atoms with Crippen LogP contribution < -0.4 is 21.9 Å². The van der Waals surface area contributed by atoms with Crippen LogP contribution in [0.1, 0.15) is 5.76 Å². The minimum absolute atomic E-state index is 0.00144. The van der Waals surface area contributed by atoms with Crippen molar-refractivity contribution in [1.29, 1.82) is 0 Å². The Hall–Kier alpha value is -2.04. The van der Waals surface area contributed by atoms with Gasteiger partial charge in [0.15, 0.2) is 0 Å². The summed E-state index contributed by atoms with van der Waals surface area (Å²) in [6.07, 6.45) is 1.53. The van der Waals surface area contributed by atoms with Crippen molar-refractivity contribution in [1.82, 2.24) is 0 Å². The van der Waals surface area contributed by atoms with Crippen LogP contribution in [0.15, 0.2) is 32.4 Å². The molecule has 0 saturated heterocycles. The van der Waals surface area contributed by atoms with Crippen LogP contribution in [-0.2, 0) is 6.54 Å². The van der Waals surface area contributed by atoms with E-state index >= 15 is 0 Å². The van der Waals surface area contributed by atoms with Gasteiger partial charge in [0.05, 0.1) is 12.8 Å². The number of nitrogen functional groups attached to an aromatic ring is 1. The summed E-state index contributed by atoms with van der Waals surface area (Å²) < 4.78 is 5.03. The van der Waals surface area contributed by atoms with Gasteiger partial charge in [0.2, 0.25) is 0 Å². The minimum Gasteiger partial charge on any atom is -0.467 e. The van der Waals surface area contributed by atoms with Gasteiger partial charge in [-0.2, -0.15) is 0 Å². The lowest BCUT2D eigenvalue weighted by Gasteiger charge is -2.07. The number of furan rings is 1. The van der Waals surface area contributed by atoms with E-state index in [1.807, 2.05) is 0 Å². The highest BCUT2D eigenvalue weighted by molar-refractivity contribution is 5.71. The largest absolute Gasteiger partial charge is 0.467 e. The zero-order chi connectivity index (χ0) is 10.1. The average Bonchev–Trinajstić information content (AvgIpc) is 2.70. The van der Waals surface area contributed by atoms with Gasteiger partial charge in [-0.15, -0.1) is 0 Å². The third-order valence-corrected chi connectivity index (χ3v) is 1.97. The highest BCUT2D eigenvalue weighted by Crippen LogP contribution is 2.11. The van der Waals surface area contributed by atoms with Crippen molar-refractivity contribution >= 4 is 11.4 Å². The molecule has 0 aliphatic carbocycles. The van der Waals surface area contributed by atoms with Crippen LogP contribution in [0.2, 0.25) is 0 Å². The maximum absolute atomic E-state index is 11.0. The third-order valence-electron chi connectivity index (χ3n) is 1.97. The predicted octanol–water partition coefficient (Wildman–Crippen LogP) is 0.0699. The SMILES string of the molecule is Nc1c(NCc2ccco2)c(=O)c1=O. The second kappa shape index (κ2) is 3.02. The Kier molecular flexibility index (Phi) is 1.85. The first-order valence-electron chi connectivity index (χ1n) is 4.05. The van der Waals surface area contributed by atoms with E-state index in [9.17, 15) is 9.59 Å². The van der Waals surface area contributed by atoms with E-state index in [0.29, 0.717) is 12.3 Å². The van der Waals surface area contributed by atoms with Crippen molar-refractivity contribution in [2.75, 3.05) is 11.1 Å². The molecule has 0 radical (unpaired) electrons. The summed E-state index contributed by atoms with van der Waals surface area (Å²) in [6.45, 7) is 0.349. The van der Waals surface area contributed by atoms with Crippen molar-refractivity contribution < 1.29 is 4.42 Å². The van der Waals surface area contributed by atoms with Gasteiger partial charge >= 0.3 is 0 Å². The molecule has 5 heteroatoms. The molecule has 0 saturated carbocycles. The second-order valence-corrected chi connectivity index (χ2v) is 2.88. The maximum atomic E-state index is 11.0. The van der Waals surface area contributed by atoms with Crippen LogP contribution in [-0.4, -0.2) is 0 Å². The highest BCUT2D eigenvalue weighted by atomic mass is 16.3. The zero-order valence-electron chi connectivity index (χ0n) is 7.24. The lowest BCUT2D eigenvalue weighted by molar-refractivity contribution is 0.518. The number of rotatable bonds is 3. The Morgan fingerprint density at radius 1 is 1.36 bits per heavy atom. The first-order chi connectivity index (χ1) is 6.70. The van der Waals surface area contributed by atoms with E-state index in [0.717, 1.165) is 0 Å². The summed E-state index contributed by atoms with van der Waals surface area (Å²) in [5.41, 5.74) is 4.32. The number of hydrogen-bond acceptors (Lipinski definition) is 5. The van der Waals surface area contributed by atoms with Gasteiger partial charge < -0.3 is 15.5 Å². The molecule has 0 amide bonds. The Morgan fingerprint density at radius 3 is 2.71 bits per heavy atom. The quantitative estimate of drug-likeness (QED) is 0.672. The Balaban J connectivity index is 2.07. The molecule has 3 N–H and O–H groups in total. The smallest absolute Gasteiger partial charge is 0.253 e. The average molecular weight is 192 g/mol. The fourth-order valence-electron chi connectivity index (χ4n) is 1.17. The number of anilines is 2. The van der Waals surface area contributed by atoms with Gasteiger partial charge in [-0.05, 0) is 12.1 Å². The van der Waals surface area contributed by atoms with Crippen molar-refractivity contribution in [3.05, 3.63) is 44.6 Å². The fraction of sp³-hybridized carbons (Fsp3) is 0.111. The van der Waals surface area contributed by atoms with E-state index in [1.165, 1.54) is 6.26 Å². The summed E-state index contributed by atoms with van der Waals surface area (Å²) in [6, 6.07) is 3.50. The summed E-state index contributed by atoms with van der Waals surface area (Å²) in [5, 5.41) is 2.74. The topological polar surface area (TPSA) is 85.3 Å². The molecular formula is C9H8N2O3. The monoisotopic (exact) mass is 192 g/mol. The van der Waals surface area contributed by atoms with Crippen LogP contribution in [0, 0.1) is 0 Å². The molecule has 72 valence electrons. The molecule has 0 aliphatic rings. The van der Waals surface area contributed by atoms with E-state index in [-0.39, 0.29) is 11.4 Å². The molecule has 14 heavy (non-hydrogen) atoms. The predicted molar refractivity (Wildman–Crippen MR) is 51.8 cm³/mol. The summed E-state index contributed by atoms with van der Waals surface area (Å²) in [7, 11) is 0. The molecule has 0 aliphatic heterocycles. The van der Waals surface area contributed by atoms with Gasteiger partial charge in [-0.1, -0.05) is 0 Å². The van der Waals surface area contributed by atoms with E-state index < -0.39 is 10.9 Å². The first-order valence-corrected chi connectivity index (χ1v) is 4.05. The van der Waals surface area contributed by atoms with Crippen molar-refractivity contribution in [3.8, 4) is 0 Å². The maximum Gasteiger partial charge on any atom is 0.253 e. The highest BCUT2D eigenvalue weighted by Gasteiger charge is 2.17. The zero-order valence-corrected chi connectivity index (χ0v) is 7.24. The Labute approximate surface area is 78.8 Å². The summed E-state index contributed by atoms with van der Waals surface area (Å²) in [5.74, 6) is 0.678. The number of hydrogen-bond donors (Lipinski definition) is 2. The van der Waals surface area contributed by atoms with Gasteiger partial charge in [0, 0.05) is 0 Å². The van der Waals surface area contributed by atoms with E-state index in [2.05, 4.69) is 5.32 Å². The molecule has 2 rings (SSSR count).